The number of alkyl halides is 3. The van der Waals surface area contributed by atoms with Gasteiger partial charge in [0.05, 0.1) is 30.7 Å². The predicted molar refractivity (Wildman–Crippen MR) is 88.9 cm³/mol. The summed E-state index contributed by atoms with van der Waals surface area (Å²) in [5.74, 6) is -0.451. The molecule has 0 aliphatic carbocycles. The van der Waals surface area contributed by atoms with Gasteiger partial charge in [-0.15, -0.1) is 0 Å². The van der Waals surface area contributed by atoms with Crippen LogP contribution < -0.4 is 5.32 Å². The second kappa shape index (κ2) is 6.14. The van der Waals surface area contributed by atoms with Gasteiger partial charge in [0.1, 0.15) is 5.69 Å². The van der Waals surface area contributed by atoms with E-state index in [4.69, 9.17) is 4.74 Å². The molecule has 134 valence electrons. The van der Waals surface area contributed by atoms with Crippen LogP contribution in [0.4, 0.5) is 18.9 Å². The molecule has 1 amide bonds. The number of fused-ring (bicyclic) bond motifs is 2. The van der Waals surface area contributed by atoms with E-state index in [9.17, 15) is 18.0 Å². The molecule has 0 saturated carbocycles. The molecule has 26 heavy (non-hydrogen) atoms. The van der Waals surface area contributed by atoms with Crippen LogP contribution in [0.1, 0.15) is 27.3 Å². The van der Waals surface area contributed by atoms with E-state index in [0.717, 1.165) is 29.8 Å². The van der Waals surface area contributed by atoms with E-state index in [1.807, 2.05) is 0 Å². The van der Waals surface area contributed by atoms with Crippen molar-refractivity contribution in [3.05, 3.63) is 59.0 Å². The topological polar surface area (TPSA) is 67.0 Å². The predicted octanol–water partition coefficient (Wildman–Crippen LogP) is 3.91. The largest absolute Gasteiger partial charge is 0.416 e. The first kappa shape index (κ1) is 16.6. The molecule has 0 atom stereocenters. The van der Waals surface area contributed by atoms with Crippen molar-refractivity contribution < 1.29 is 22.7 Å². The van der Waals surface area contributed by atoms with Gasteiger partial charge in [-0.25, -0.2) is 0 Å². The van der Waals surface area contributed by atoms with Crippen LogP contribution in [0.15, 0.2) is 36.5 Å². The van der Waals surface area contributed by atoms with E-state index >= 15 is 0 Å². The zero-order valence-electron chi connectivity index (χ0n) is 13.5. The Hall–Kier alpha value is -2.87. The first-order valence-electron chi connectivity index (χ1n) is 7.97. The molecule has 0 radical (unpaired) electrons. The highest BCUT2D eigenvalue weighted by atomic mass is 19.4. The number of carbonyl (C=O) groups is 1. The number of nitrogens with zero attached hydrogens (tertiary/aromatic N) is 1. The van der Waals surface area contributed by atoms with Crippen molar-refractivity contribution >= 4 is 22.5 Å². The molecule has 2 aromatic heterocycles. The summed E-state index contributed by atoms with van der Waals surface area (Å²) >= 11 is 0. The monoisotopic (exact) mass is 361 g/mol. The molecule has 2 N–H and O–H groups in total. The van der Waals surface area contributed by atoms with Crippen molar-refractivity contribution in [3.63, 3.8) is 0 Å². The third-order valence-corrected chi connectivity index (χ3v) is 4.25. The van der Waals surface area contributed by atoms with E-state index in [-0.39, 0.29) is 11.2 Å². The fourth-order valence-corrected chi connectivity index (χ4v) is 2.93. The highest BCUT2D eigenvalue weighted by Crippen LogP contribution is 2.31. The molecule has 4 rings (SSSR count). The number of carbonyl (C=O) groups excluding carboxylic acids is 1. The van der Waals surface area contributed by atoms with Gasteiger partial charge in [0.2, 0.25) is 0 Å². The zero-order valence-corrected chi connectivity index (χ0v) is 13.5. The molecule has 0 unspecified atom stereocenters. The van der Waals surface area contributed by atoms with Gasteiger partial charge in [-0.1, -0.05) is 6.07 Å². The average molecular weight is 361 g/mol. The van der Waals surface area contributed by atoms with Crippen molar-refractivity contribution in [2.45, 2.75) is 19.2 Å². The Bertz CT molecular complexity index is 995. The summed E-state index contributed by atoms with van der Waals surface area (Å²) in [4.78, 5) is 19.5. The van der Waals surface area contributed by atoms with Gasteiger partial charge in [0, 0.05) is 28.6 Å². The average Bonchev–Trinajstić information content (AvgIpc) is 3.04. The quantitative estimate of drug-likeness (QED) is 0.727. The van der Waals surface area contributed by atoms with Gasteiger partial charge in [0.25, 0.3) is 5.91 Å². The van der Waals surface area contributed by atoms with Crippen LogP contribution in [0.3, 0.4) is 0 Å². The molecule has 0 fully saturated rings. The van der Waals surface area contributed by atoms with Crippen LogP contribution in [0.2, 0.25) is 0 Å². The Labute approximate surface area is 146 Å². The summed E-state index contributed by atoms with van der Waals surface area (Å²) in [6.07, 6.45) is -2.14. The number of ether oxygens (including phenoxy) is 1. The summed E-state index contributed by atoms with van der Waals surface area (Å²) in [5.41, 5.74) is 2.03. The van der Waals surface area contributed by atoms with Crippen molar-refractivity contribution in [2.75, 3.05) is 11.9 Å². The number of rotatable bonds is 2. The number of nitrogens with one attached hydrogen (secondary N) is 2. The van der Waals surface area contributed by atoms with Crippen molar-refractivity contribution in [2.24, 2.45) is 0 Å². The number of benzene rings is 1. The first-order valence-corrected chi connectivity index (χ1v) is 7.97. The molecular formula is C18H14F3N3O2. The molecule has 3 heterocycles. The lowest BCUT2D eigenvalue weighted by atomic mass is 10.1. The number of halogens is 3. The van der Waals surface area contributed by atoms with Gasteiger partial charge in [-0.3, -0.25) is 9.78 Å². The summed E-state index contributed by atoms with van der Waals surface area (Å²) in [7, 11) is 0. The number of hydrogen-bond donors (Lipinski definition) is 2. The number of anilines is 1. The summed E-state index contributed by atoms with van der Waals surface area (Å²) < 4.78 is 43.8. The zero-order chi connectivity index (χ0) is 18.3. The van der Waals surface area contributed by atoms with Gasteiger partial charge in [0.15, 0.2) is 0 Å². The first-order chi connectivity index (χ1) is 12.4. The lowest BCUT2D eigenvalue weighted by Crippen LogP contribution is -2.15. The van der Waals surface area contributed by atoms with Crippen LogP contribution in [-0.2, 0) is 23.9 Å². The van der Waals surface area contributed by atoms with E-state index < -0.39 is 17.6 Å². The van der Waals surface area contributed by atoms with Crippen molar-refractivity contribution in [3.8, 4) is 0 Å². The fraction of sp³-hybridized carbons (Fsp3) is 0.222. The van der Waals surface area contributed by atoms with Crippen LogP contribution in [0.25, 0.3) is 10.9 Å². The van der Waals surface area contributed by atoms with Crippen LogP contribution >= 0.6 is 0 Å². The van der Waals surface area contributed by atoms with Crippen molar-refractivity contribution in [1.29, 1.82) is 0 Å². The highest BCUT2D eigenvalue weighted by Gasteiger charge is 2.30. The molecule has 0 saturated heterocycles. The van der Waals surface area contributed by atoms with Gasteiger partial charge in [-0.2, -0.15) is 13.2 Å². The van der Waals surface area contributed by atoms with Crippen molar-refractivity contribution in [1.82, 2.24) is 9.97 Å². The van der Waals surface area contributed by atoms with Gasteiger partial charge < -0.3 is 15.0 Å². The smallest absolute Gasteiger partial charge is 0.376 e. The molecule has 8 heteroatoms. The maximum Gasteiger partial charge on any atom is 0.416 e. The molecule has 1 aliphatic heterocycles. The lowest BCUT2D eigenvalue weighted by molar-refractivity contribution is -0.137. The normalized spacial score (nSPS) is 14.3. The van der Waals surface area contributed by atoms with Crippen LogP contribution in [0, 0.1) is 0 Å². The highest BCUT2D eigenvalue weighted by molar-refractivity contribution is 6.05. The molecular weight excluding hydrogens is 347 g/mol. The second-order valence-corrected chi connectivity index (χ2v) is 6.07. The lowest BCUT2D eigenvalue weighted by Gasteiger charge is -2.16. The maximum atomic E-state index is 12.8. The van der Waals surface area contributed by atoms with E-state index in [2.05, 4.69) is 15.3 Å². The molecule has 0 bridgehead atoms. The Balaban J connectivity index is 1.58. The summed E-state index contributed by atoms with van der Waals surface area (Å²) in [6, 6.07) is 6.63. The Morgan fingerprint density at radius 3 is 2.88 bits per heavy atom. The Morgan fingerprint density at radius 1 is 1.23 bits per heavy atom. The molecule has 1 aliphatic rings. The van der Waals surface area contributed by atoms with E-state index in [1.54, 1.807) is 12.3 Å². The fourth-order valence-electron chi connectivity index (χ4n) is 2.93. The number of amides is 1. The number of H-pyrrole nitrogens is 1. The number of hydrogen-bond acceptors (Lipinski definition) is 3. The third kappa shape index (κ3) is 3.15. The third-order valence-electron chi connectivity index (χ3n) is 4.25. The minimum absolute atomic E-state index is 0.174. The maximum absolute atomic E-state index is 12.8. The van der Waals surface area contributed by atoms with Crippen LogP contribution in [0.5, 0.6) is 0 Å². The number of aromatic amines is 1. The SMILES string of the molecule is O=C(Nc1cnc2c(c1)COCC2)c1cc2ccc(C(F)(F)F)cc2[nH]1. The molecule has 3 aromatic rings. The second-order valence-electron chi connectivity index (χ2n) is 6.07. The van der Waals surface area contributed by atoms with Crippen LogP contribution in [-0.4, -0.2) is 22.5 Å². The Morgan fingerprint density at radius 2 is 2.08 bits per heavy atom. The summed E-state index contributed by atoms with van der Waals surface area (Å²) in [5, 5.41) is 3.23. The molecule has 1 aromatic carbocycles. The number of aromatic nitrogens is 2. The molecule has 0 spiro atoms. The van der Waals surface area contributed by atoms with E-state index in [0.29, 0.717) is 24.3 Å². The van der Waals surface area contributed by atoms with Gasteiger partial charge >= 0.3 is 6.18 Å². The van der Waals surface area contributed by atoms with E-state index in [1.165, 1.54) is 12.1 Å². The summed E-state index contributed by atoms with van der Waals surface area (Å²) in [6.45, 7) is 1.07. The van der Waals surface area contributed by atoms with Gasteiger partial charge in [-0.05, 0) is 24.3 Å². The molecule has 5 nitrogen and oxygen atoms in total. The number of pyridine rings is 1. The Kier molecular flexibility index (Phi) is 3.91. The minimum atomic E-state index is -4.43. The standard InChI is InChI=1S/C18H14F3N3O2/c19-18(20,21)12-2-1-10-6-16(24-15(10)7-12)17(25)23-13-5-11-9-26-4-3-14(11)22-8-13/h1-2,5-8,24H,3-4,9H2,(H,23,25). The minimum Gasteiger partial charge on any atom is -0.376 e.